The number of methoxy groups -OCH3 is 2. The summed E-state index contributed by atoms with van der Waals surface area (Å²) in [5, 5.41) is 0. The summed E-state index contributed by atoms with van der Waals surface area (Å²) in [6, 6.07) is 13.2. The molecule has 0 unspecified atom stereocenters. The van der Waals surface area contributed by atoms with Crippen LogP contribution in [-0.4, -0.2) is 24.2 Å². The lowest BCUT2D eigenvalue weighted by molar-refractivity contribution is 0.355. The van der Waals surface area contributed by atoms with Gasteiger partial charge in [-0.05, 0) is 30.3 Å². The molecule has 0 radical (unpaired) electrons. The van der Waals surface area contributed by atoms with Crippen LogP contribution in [0.25, 0.3) is 22.5 Å². The van der Waals surface area contributed by atoms with Gasteiger partial charge in [0.1, 0.15) is 0 Å². The van der Waals surface area contributed by atoms with Crippen molar-refractivity contribution in [3.63, 3.8) is 0 Å². The smallest absolute Gasteiger partial charge is 0.161 e. The predicted octanol–water partition coefficient (Wildman–Crippen LogP) is 3.41. The Morgan fingerprint density at radius 3 is 2.04 bits per heavy atom. The van der Waals surface area contributed by atoms with Crippen molar-refractivity contribution >= 4 is 5.69 Å². The second-order valence-corrected chi connectivity index (χ2v) is 4.98. The van der Waals surface area contributed by atoms with Crippen molar-refractivity contribution in [1.29, 1.82) is 0 Å². The van der Waals surface area contributed by atoms with E-state index < -0.39 is 0 Å². The molecule has 5 nitrogen and oxygen atoms in total. The Kier molecular flexibility index (Phi) is 4.10. The van der Waals surface area contributed by atoms with Crippen molar-refractivity contribution in [3.8, 4) is 34.0 Å². The number of benzene rings is 2. The summed E-state index contributed by atoms with van der Waals surface area (Å²) in [4.78, 5) is 8.97. The quantitative estimate of drug-likeness (QED) is 0.748. The Labute approximate surface area is 134 Å². The van der Waals surface area contributed by atoms with E-state index in [1.54, 1.807) is 26.6 Å². The number of nitrogens with zero attached hydrogens (tertiary/aromatic N) is 2. The molecule has 3 rings (SSSR count). The van der Waals surface area contributed by atoms with Crippen LogP contribution in [0.15, 0.2) is 54.9 Å². The van der Waals surface area contributed by atoms with Crippen LogP contribution in [0.1, 0.15) is 0 Å². The summed E-state index contributed by atoms with van der Waals surface area (Å²) in [6.07, 6.45) is 3.46. The highest BCUT2D eigenvalue weighted by Gasteiger charge is 2.09. The SMILES string of the molecule is COc1ccc(-c2cncc(-c3ccc(N)cc3)n2)cc1OC. The van der Waals surface area contributed by atoms with Crippen molar-refractivity contribution in [2.24, 2.45) is 0 Å². The Hall–Kier alpha value is -3.08. The van der Waals surface area contributed by atoms with Gasteiger partial charge in [0.05, 0.1) is 38.0 Å². The van der Waals surface area contributed by atoms with Crippen LogP contribution in [0.5, 0.6) is 11.5 Å². The summed E-state index contributed by atoms with van der Waals surface area (Å²) < 4.78 is 10.6. The lowest BCUT2D eigenvalue weighted by Crippen LogP contribution is -1.93. The van der Waals surface area contributed by atoms with Crippen LogP contribution in [0, 0.1) is 0 Å². The van der Waals surface area contributed by atoms with Crippen LogP contribution in [-0.2, 0) is 0 Å². The maximum absolute atomic E-state index is 5.72. The fourth-order valence-corrected chi connectivity index (χ4v) is 2.29. The Balaban J connectivity index is 2.01. The van der Waals surface area contributed by atoms with E-state index >= 15 is 0 Å². The molecule has 3 aromatic rings. The number of nitrogen functional groups attached to an aromatic ring is 1. The third-order valence-electron chi connectivity index (χ3n) is 3.52. The Morgan fingerprint density at radius 2 is 1.39 bits per heavy atom. The molecule has 0 bridgehead atoms. The average molecular weight is 307 g/mol. The van der Waals surface area contributed by atoms with E-state index in [4.69, 9.17) is 15.2 Å². The molecular weight excluding hydrogens is 290 g/mol. The molecule has 0 fully saturated rings. The van der Waals surface area contributed by atoms with Gasteiger partial charge >= 0.3 is 0 Å². The number of ether oxygens (including phenoxy) is 2. The topological polar surface area (TPSA) is 70.3 Å². The summed E-state index contributed by atoms with van der Waals surface area (Å²) in [6.45, 7) is 0. The molecule has 0 aliphatic heterocycles. The van der Waals surface area contributed by atoms with Crippen molar-refractivity contribution in [2.75, 3.05) is 20.0 Å². The van der Waals surface area contributed by atoms with Crippen LogP contribution >= 0.6 is 0 Å². The van der Waals surface area contributed by atoms with Crippen molar-refractivity contribution in [2.45, 2.75) is 0 Å². The minimum Gasteiger partial charge on any atom is -0.493 e. The molecule has 1 heterocycles. The van der Waals surface area contributed by atoms with E-state index in [1.807, 2.05) is 42.5 Å². The first-order valence-corrected chi connectivity index (χ1v) is 7.11. The van der Waals surface area contributed by atoms with Crippen molar-refractivity contribution < 1.29 is 9.47 Å². The average Bonchev–Trinajstić information content (AvgIpc) is 2.62. The van der Waals surface area contributed by atoms with E-state index in [-0.39, 0.29) is 0 Å². The van der Waals surface area contributed by atoms with Crippen LogP contribution in [0.2, 0.25) is 0 Å². The Bertz CT molecular complexity index is 817. The van der Waals surface area contributed by atoms with Gasteiger partial charge in [0.2, 0.25) is 0 Å². The molecule has 2 N–H and O–H groups in total. The van der Waals surface area contributed by atoms with Gasteiger partial charge < -0.3 is 15.2 Å². The van der Waals surface area contributed by atoms with Crippen molar-refractivity contribution in [3.05, 3.63) is 54.9 Å². The van der Waals surface area contributed by atoms with Crippen molar-refractivity contribution in [1.82, 2.24) is 9.97 Å². The zero-order chi connectivity index (χ0) is 16.2. The van der Waals surface area contributed by atoms with Gasteiger partial charge in [0, 0.05) is 16.8 Å². The monoisotopic (exact) mass is 307 g/mol. The van der Waals surface area contributed by atoms with Gasteiger partial charge in [-0.2, -0.15) is 0 Å². The molecule has 0 amide bonds. The molecule has 23 heavy (non-hydrogen) atoms. The number of hydrogen-bond acceptors (Lipinski definition) is 5. The molecular formula is C18H17N3O2. The number of aromatic nitrogens is 2. The highest BCUT2D eigenvalue weighted by molar-refractivity contribution is 5.67. The molecule has 1 aromatic heterocycles. The normalized spacial score (nSPS) is 10.3. The Morgan fingerprint density at radius 1 is 0.783 bits per heavy atom. The molecule has 2 aromatic carbocycles. The largest absolute Gasteiger partial charge is 0.493 e. The van der Waals surface area contributed by atoms with Gasteiger partial charge in [-0.1, -0.05) is 12.1 Å². The number of hydrogen-bond donors (Lipinski definition) is 1. The molecule has 116 valence electrons. The zero-order valence-electron chi connectivity index (χ0n) is 13.0. The van der Waals surface area contributed by atoms with Crippen LogP contribution in [0.4, 0.5) is 5.69 Å². The first kappa shape index (κ1) is 14.8. The fourth-order valence-electron chi connectivity index (χ4n) is 2.29. The molecule has 0 aliphatic carbocycles. The van der Waals surface area contributed by atoms with E-state index in [9.17, 15) is 0 Å². The maximum atomic E-state index is 5.72. The van der Waals surface area contributed by atoms with Gasteiger partial charge in [0.25, 0.3) is 0 Å². The molecule has 0 saturated carbocycles. The minimum absolute atomic E-state index is 0.657. The third kappa shape index (κ3) is 3.08. The zero-order valence-corrected chi connectivity index (χ0v) is 13.0. The number of rotatable bonds is 4. The summed E-state index contributed by atoms with van der Waals surface area (Å²) in [5.41, 5.74) is 9.87. The molecule has 0 aliphatic rings. The van der Waals surface area contributed by atoms with Gasteiger partial charge in [-0.3, -0.25) is 4.98 Å². The summed E-state index contributed by atoms with van der Waals surface area (Å²) >= 11 is 0. The molecule has 5 heteroatoms. The lowest BCUT2D eigenvalue weighted by Gasteiger charge is -2.10. The van der Waals surface area contributed by atoms with E-state index in [0.29, 0.717) is 11.5 Å². The lowest BCUT2D eigenvalue weighted by atomic mass is 10.1. The predicted molar refractivity (Wildman–Crippen MR) is 90.4 cm³/mol. The highest BCUT2D eigenvalue weighted by Crippen LogP contribution is 2.32. The molecule has 0 spiro atoms. The van der Waals surface area contributed by atoms with E-state index in [2.05, 4.69) is 9.97 Å². The third-order valence-corrected chi connectivity index (χ3v) is 3.52. The minimum atomic E-state index is 0.657. The van der Waals surface area contributed by atoms with E-state index in [1.165, 1.54) is 0 Å². The van der Waals surface area contributed by atoms with E-state index in [0.717, 1.165) is 28.2 Å². The standard InChI is InChI=1S/C18H17N3O2/c1-22-17-8-5-13(9-18(17)23-2)16-11-20-10-15(21-16)12-3-6-14(19)7-4-12/h3-11H,19H2,1-2H3. The second kappa shape index (κ2) is 6.36. The maximum Gasteiger partial charge on any atom is 0.161 e. The summed E-state index contributed by atoms with van der Waals surface area (Å²) in [7, 11) is 3.22. The summed E-state index contributed by atoms with van der Waals surface area (Å²) in [5.74, 6) is 1.34. The number of nitrogens with two attached hydrogens (primary N) is 1. The first-order chi connectivity index (χ1) is 11.2. The van der Waals surface area contributed by atoms with Crippen LogP contribution < -0.4 is 15.2 Å². The van der Waals surface area contributed by atoms with Gasteiger partial charge in [-0.15, -0.1) is 0 Å². The highest BCUT2D eigenvalue weighted by atomic mass is 16.5. The molecule has 0 saturated heterocycles. The first-order valence-electron chi connectivity index (χ1n) is 7.11. The van der Waals surface area contributed by atoms with Gasteiger partial charge in [-0.25, -0.2) is 4.98 Å². The second-order valence-electron chi connectivity index (χ2n) is 4.98. The molecule has 0 atom stereocenters. The van der Waals surface area contributed by atoms with Gasteiger partial charge in [0.15, 0.2) is 11.5 Å². The number of anilines is 1. The fraction of sp³-hybridized carbons (Fsp3) is 0.111. The van der Waals surface area contributed by atoms with Crippen LogP contribution in [0.3, 0.4) is 0 Å².